The predicted molar refractivity (Wildman–Crippen MR) is 134 cm³/mol. The zero-order chi connectivity index (χ0) is 27.8. The number of aliphatic hydroxyl groups is 1. The minimum Gasteiger partial charge on any atom is -0.387 e. The Morgan fingerprint density at radius 3 is 2.32 bits per heavy atom. The molecule has 0 bridgehead atoms. The van der Waals surface area contributed by atoms with Crippen LogP contribution in [0.1, 0.15) is 44.0 Å². The van der Waals surface area contributed by atoms with Crippen molar-refractivity contribution in [1.29, 1.82) is 0 Å². The zero-order valence-corrected chi connectivity index (χ0v) is 21.8. The second kappa shape index (κ2) is 10.3. The van der Waals surface area contributed by atoms with Crippen LogP contribution in [-0.4, -0.2) is 70.3 Å². The van der Waals surface area contributed by atoms with Gasteiger partial charge in [-0.1, -0.05) is 51.1 Å². The Morgan fingerprint density at radius 2 is 1.78 bits per heavy atom. The number of rotatable bonds is 6. The van der Waals surface area contributed by atoms with Crippen LogP contribution in [0.4, 0.5) is 13.2 Å². The zero-order valence-electron chi connectivity index (χ0n) is 21.8. The van der Waals surface area contributed by atoms with Crippen LogP contribution in [0.2, 0.25) is 0 Å². The van der Waals surface area contributed by atoms with Crippen molar-refractivity contribution in [3.63, 3.8) is 0 Å². The summed E-state index contributed by atoms with van der Waals surface area (Å²) in [7, 11) is 3.21. The molecule has 202 valence electrons. The van der Waals surface area contributed by atoms with E-state index in [0.29, 0.717) is 16.7 Å². The maximum Gasteiger partial charge on any atom is 0.389 e. The highest BCUT2D eigenvalue weighted by Crippen LogP contribution is 2.41. The lowest BCUT2D eigenvalue weighted by molar-refractivity contribution is -0.169. The Morgan fingerprint density at radius 1 is 1.16 bits per heavy atom. The van der Waals surface area contributed by atoms with Gasteiger partial charge >= 0.3 is 6.18 Å². The number of nitrogens with zero attached hydrogens (tertiary/aromatic N) is 3. The fourth-order valence-electron chi connectivity index (χ4n) is 4.84. The van der Waals surface area contributed by atoms with Gasteiger partial charge in [0.2, 0.25) is 5.91 Å². The molecule has 2 atom stereocenters. The quantitative estimate of drug-likeness (QED) is 0.627. The molecule has 1 aliphatic heterocycles. The molecule has 1 saturated heterocycles. The first-order valence-corrected chi connectivity index (χ1v) is 12.1. The van der Waals surface area contributed by atoms with E-state index in [1.54, 1.807) is 52.2 Å². The van der Waals surface area contributed by atoms with E-state index in [4.69, 9.17) is 0 Å². The number of halogens is 3. The minimum atomic E-state index is -4.45. The normalized spacial score (nSPS) is 20.4. The molecule has 1 aliphatic rings. The average Bonchev–Trinajstić information content (AvgIpc) is 2.80. The van der Waals surface area contributed by atoms with Gasteiger partial charge < -0.3 is 19.5 Å². The first-order valence-electron chi connectivity index (χ1n) is 12.1. The van der Waals surface area contributed by atoms with Gasteiger partial charge in [-0.3, -0.25) is 14.4 Å². The molecule has 1 aromatic carbocycles. The van der Waals surface area contributed by atoms with Crippen LogP contribution in [-0.2, 0) is 11.3 Å². The minimum absolute atomic E-state index is 0.0326. The van der Waals surface area contributed by atoms with Crippen molar-refractivity contribution in [3.05, 3.63) is 58.5 Å². The van der Waals surface area contributed by atoms with Gasteiger partial charge in [0, 0.05) is 56.3 Å². The van der Waals surface area contributed by atoms with Crippen molar-refractivity contribution in [1.82, 2.24) is 14.4 Å². The van der Waals surface area contributed by atoms with Crippen molar-refractivity contribution >= 4 is 11.8 Å². The first-order chi connectivity index (χ1) is 17.0. The number of alkyl halides is 3. The molecule has 7 nitrogen and oxygen atoms in total. The fraction of sp³-hybridized carbons (Fsp3) is 0.519. The van der Waals surface area contributed by atoms with E-state index in [1.807, 2.05) is 6.07 Å². The van der Waals surface area contributed by atoms with Gasteiger partial charge in [0.25, 0.3) is 11.5 Å². The fourth-order valence-corrected chi connectivity index (χ4v) is 4.84. The summed E-state index contributed by atoms with van der Waals surface area (Å²) in [6, 6.07) is 10.4. The molecule has 0 aliphatic carbocycles. The molecule has 1 fully saturated rings. The first kappa shape index (κ1) is 28.4. The van der Waals surface area contributed by atoms with Gasteiger partial charge in [-0.2, -0.15) is 13.2 Å². The third-order valence-corrected chi connectivity index (χ3v) is 7.19. The molecular weight excluding hydrogens is 487 g/mol. The second-order valence-corrected chi connectivity index (χ2v) is 10.8. The van der Waals surface area contributed by atoms with Gasteiger partial charge in [-0.25, -0.2) is 0 Å². The smallest absolute Gasteiger partial charge is 0.387 e. The predicted octanol–water partition coefficient (Wildman–Crippen LogP) is 3.80. The van der Waals surface area contributed by atoms with Gasteiger partial charge in [-0.05, 0) is 12.0 Å². The molecule has 0 spiro atoms. The number of piperidine rings is 1. The number of aromatic nitrogens is 1. The molecular formula is C27H34F3N3O4. The Hall–Kier alpha value is -3.14. The summed E-state index contributed by atoms with van der Waals surface area (Å²) in [6.45, 7) is 4.64. The van der Waals surface area contributed by atoms with E-state index in [9.17, 15) is 32.7 Å². The van der Waals surface area contributed by atoms with Crippen molar-refractivity contribution < 1.29 is 27.9 Å². The highest BCUT2D eigenvalue weighted by molar-refractivity contribution is 6.00. The molecule has 37 heavy (non-hydrogen) atoms. The Bertz CT molecular complexity index is 1210. The van der Waals surface area contributed by atoms with Crippen LogP contribution in [0.5, 0.6) is 0 Å². The van der Waals surface area contributed by atoms with Crippen LogP contribution >= 0.6 is 0 Å². The van der Waals surface area contributed by atoms with Gasteiger partial charge in [-0.15, -0.1) is 0 Å². The Labute approximate surface area is 214 Å². The number of benzene rings is 1. The molecule has 2 amide bonds. The topological polar surface area (TPSA) is 82.8 Å². The summed E-state index contributed by atoms with van der Waals surface area (Å²) < 4.78 is 39.7. The summed E-state index contributed by atoms with van der Waals surface area (Å²) in [6.07, 6.45) is -4.15. The number of carbonyl (C=O) groups excluding carboxylic acids is 2. The molecule has 2 unspecified atom stereocenters. The van der Waals surface area contributed by atoms with E-state index < -0.39 is 41.0 Å². The van der Waals surface area contributed by atoms with Crippen LogP contribution in [0.15, 0.2) is 47.4 Å². The molecule has 3 rings (SSSR count). The van der Waals surface area contributed by atoms with E-state index >= 15 is 0 Å². The largest absolute Gasteiger partial charge is 0.389 e. The summed E-state index contributed by atoms with van der Waals surface area (Å²) in [5.74, 6) is -2.15. The summed E-state index contributed by atoms with van der Waals surface area (Å²) in [5, 5.41) is 11.7. The molecule has 2 aromatic rings. The van der Waals surface area contributed by atoms with E-state index in [-0.39, 0.29) is 32.0 Å². The molecule has 2 heterocycles. The van der Waals surface area contributed by atoms with Gasteiger partial charge in [0.15, 0.2) is 0 Å². The van der Waals surface area contributed by atoms with Crippen molar-refractivity contribution in [2.24, 2.45) is 11.3 Å². The van der Waals surface area contributed by atoms with E-state index in [1.165, 1.54) is 33.6 Å². The summed E-state index contributed by atoms with van der Waals surface area (Å²) in [5.41, 5.74) is -1.32. The molecule has 0 radical (unpaired) electrons. The third kappa shape index (κ3) is 6.23. The SMILES string of the molecule is CC(CC(F)(F)F)C(=O)N1CCC(O)(Cn2cc(C(=O)N(C)C)c(-c3ccccc3)cc2=O)C(C)(C)C1. The highest BCUT2D eigenvalue weighted by atomic mass is 19.4. The lowest BCUT2D eigenvalue weighted by Gasteiger charge is -2.50. The molecule has 10 heteroatoms. The molecule has 1 N–H and O–H groups in total. The second-order valence-electron chi connectivity index (χ2n) is 10.8. The van der Waals surface area contributed by atoms with Crippen LogP contribution in [0.25, 0.3) is 11.1 Å². The lowest BCUT2D eigenvalue weighted by Crippen LogP contribution is -2.61. The Balaban J connectivity index is 1.91. The lowest BCUT2D eigenvalue weighted by atomic mass is 9.69. The summed E-state index contributed by atoms with van der Waals surface area (Å²) >= 11 is 0. The van der Waals surface area contributed by atoms with E-state index in [2.05, 4.69) is 0 Å². The van der Waals surface area contributed by atoms with Crippen molar-refractivity contribution in [2.75, 3.05) is 27.2 Å². The Kier molecular flexibility index (Phi) is 7.93. The van der Waals surface area contributed by atoms with Gasteiger partial charge in [0.05, 0.1) is 24.1 Å². The third-order valence-electron chi connectivity index (χ3n) is 7.19. The number of hydrogen-bond acceptors (Lipinski definition) is 4. The maximum absolute atomic E-state index is 13.1. The van der Waals surface area contributed by atoms with Crippen LogP contribution in [0, 0.1) is 11.3 Å². The summed E-state index contributed by atoms with van der Waals surface area (Å²) in [4.78, 5) is 41.6. The molecule has 1 aromatic heterocycles. The standard InChI is InChI=1S/C27H34F3N3O4/c1-18(14-27(28,29)30)23(35)32-12-11-26(37,25(2,3)16-32)17-33-15-21(24(36)31(4)5)20(13-22(33)34)19-9-7-6-8-10-19/h6-10,13,15,18,37H,11-12,14,16-17H2,1-5H3. The maximum atomic E-state index is 13.1. The van der Waals surface area contributed by atoms with Crippen LogP contribution < -0.4 is 5.56 Å². The van der Waals surface area contributed by atoms with Crippen molar-refractivity contribution in [2.45, 2.75) is 51.9 Å². The van der Waals surface area contributed by atoms with Gasteiger partial charge in [0.1, 0.15) is 0 Å². The number of likely N-dealkylation sites (tertiary alicyclic amines) is 1. The number of pyridine rings is 1. The average molecular weight is 522 g/mol. The van der Waals surface area contributed by atoms with E-state index in [0.717, 1.165) is 0 Å². The number of amides is 2. The number of hydrogen-bond donors (Lipinski definition) is 1. The van der Waals surface area contributed by atoms with Crippen LogP contribution in [0.3, 0.4) is 0 Å². The highest BCUT2D eigenvalue weighted by Gasteiger charge is 2.49. The monoisotopic (exact) mass is 521 g/mol. The number of carbonyl (C=O) groups is 2. The molecule has 0 saturated carbocycles. The van der Waals surface area contributed by atoms with Crippen molar-refractivity contribution in [3.8, 4) is 11.1 Å².